The van der Waals surface area contributed by atoms with Crippen LogP contribution in [0.25, 0.3) is 16.7 Å². The van der Waals surface area contributed by atoms with Crippen LogP contribution in [0.2, 0.25) is 0 Å². The molecule has 2 aromatic carbocycles. The summed E-state index contributed by atoms with van der Waals surface area (Å²) in [6, 6.07) is 8.51. The number of nitrogens with one attached hydrogen (secondary N) is 1. The van der Waals surface area contributed by atoms with E-state index in [0.29, 0.717) is 17.2 Å². The molecule has 0 fully saturated rings. The summed E-state index contributed by atoms with van der Waals surface area (Å²) in [7, 11) is 0. The van der Waals surface area contributed by atoms with Crippen LogP contribution < -0.4 is 11.1 Å². The molecule has 0 spiro atoms. The van der Waals surface area contributed by atoms with Crippen molar-refractivity contribution in [2.24, 2.45) is 5.73 Å². The van der Waals surface area contributed by atoms with Crippen LogP contribution in [0.4, 0.5) is 35.1 Å². The maximum absolute atomic E-state index is 14.8. The number of hydrogen-bond donors (Lipinski definition) is 2. The SMILES string of the molecule is C=C(Cn1nc(C(F)(F)F)c2c1C(=C)CCC2(F)F)N[C@@H](Cc1cc(F)cc(F)c1)c1ncccc1-c1ccc(F)c(C(N)=O)c1. The van der Waals surface area contributed by atoms with Gasteiger partial charge < -0.3 is 11.1 Å². The number of primary amides is 1. The second kappa shape index (κ2) is 12.1. The van der Waals surface area contributed by atoms with Gasteiger partial charge in [0.15, 0.2) is 5.69 Å². The van der Waals surface area contributed by atoms with Gasteiger partial charge in [-0.3, -0.25) is 14.5 Å². The molecule has 240 valence electrons. The van der Waals surface area contributed by atoms with Gasteiger partial charge in [0.05, 0.1) is 35.1 Å². The van der Waals surface area contributed by atoms with Gasteiger partial charge in [-0.15, -0.1) is 0 Å². The third kappa shape index (κ3) is 6.51. The molecule has 46 heavy (non-hydrogen) atoms. The molecule has 0 radical (unpaired) electrons. The summed E-state index contributed by atoms with van der Waals surface area (Å²) in [6.07, 6.45) is -5.07. The molecule has 1 aliphatic rings. The van der Waals surface area contributed by atoms with E-state index in [0.717, 1.165) is 22.9 Å². The summed E-state index contributed by atoms with van der Waals surface area (Å²) in [5.41, 5.74) is 2.48. The predicted octanol–water partition coefficient (Wildman–Crippen LogP) is 7.47. The molecular formula is C32H25F8N5O. The molecule has 1 amide bonds. The molecular weight excluding hydrogens is 622 g/mol. The van der Waals surface area contributed by atoms with Crippen LogP contribution in [0.15, 0.2) is 73.6 Å². The van der Waals surface area contributed by atoms with Gasteiger partial charge >= 0.3 is 6.18 Å². The van der Waals surface area contributed by atoms with Crippen LogP contribution >= 0.6 is 0 Å². The molecule has 1 atom stereocenters. The minimum Gasteiger partial charge on any atom is -0.379 e. The number of nitrogens with zero attached hydrogens (tertiary/aromatic N) is 3. The number of fused-ring (bicyclic) bond motifs is 1. The van der Waals surface area contributed by atoms with Gasteiger partial charge in [-0.1, -0.05) is 25.3 Å². The molecule has 0 saturated heterocycles. The third-order valence-electron chi connectivity index (χ3n) is 7.45. The summed E-state index contributed by atoms with van der Waals surface area (Å²) in [4.78, 5) is 16.2. The average molecular weight is 648 g/mol. The Bertz CT molecular complexity index is 1840. The number of alkyl halides is 5. The quantitative estimate of drug-likeness (QED) is 0.185. The zero-order valence-electron chi connectivity index (χ0n) is 23.9. The average Bonchev–Trinajstić information content (AvgIpc) is 3.36. The first-order valence-corrected chi connectivity index (χ1v) is 13.7. The fourth-order valence-corrected chi connectivity index (χ4v) is 5.51. The van der Waals surface area contributed by atoms with Crippen LogP contribution in [-0.2, 0) is 25.1 Å². The molecule has 6 nitrogen and oxygen atoms in total. The van der Waals surface area contributed by atoms with Gasteiger partial charge in [-0.25, -0.2) is 22.0 Å². The second-order valence-corrected chi connectivity index (χ2v) is 10.8. The number of allylic oxidation sites excluding steroid dienone is 2. The lowest BCUT2D eigenvalue weighted by Gasteiger charge is -2.26. The van der Waals surface area contributed by atoms with Crippen LogP contribution in [0, 0.1) is 17.5 Å². The van der Waals surface area contributed by atoms with E-state index < -0.39 is 77.0 Å². The lowest BCUT2D eigenvalue weighted by Crippen LogP contribution is -2.27. The lowest BCUT2D eigenvalue weighted by molar-refractivity contribution is -0.146. The van der Waals surface area contributed by atoms with Crippen molar-refractivity contribution in [3.63, 3.8) is 0 Å². The highest BCUT2D eigenvalue weighted by atomic mass is 19.4. The highest BCUT2D eigenvalue weighted by Crippen LogP contribution is 2.49. The van der Waals surface area contributed by atoms with Crippen LogP contribution in [0.1, 0.15) is 57.5 Å². The molecule has 0 aliphatic heterocycles. The van der Waals surface area contributed by atoms with Gasteiger partial charge in [-0.05, 0) is 59.9 Å². The molecule has 0 saturated carbocycles. The summed E-state index contributed by atoms with van der Waals surface area (Å²) in [6.45, 7) is 7.03. The summed E-state index contributed by atoms with van der Waals surface area (Å²) < 4.78 is 114. The fraction of sp³-hybridized carbons (Fsp3) is 0.219. The smallest absolute Gasteiger partial charge is 0.379 e. The Morgan fingerprint density at radius 3 is 2.43 bits per heavy atom. The minimum absolute atomic E-state index is 0.0175. The van der Waals surface area contributed by atoms with Gasteiger partial charge in [0.25, 0.3) is 11.8 Å². The number of nitrogens with two attached hydrogens (primary N) is 1. The van der Waals surface area contributed by atoms with E-state index in [4.69, 9.17) is 5.73 Å². The molecule has 5 rings (SSSR count). The molecule has 2 aromatic heterocycles. The van der Waals surface area contributed by atoms with Gasteiger partial charge in [-0.2, -0.15) is 18.3 Å². The van der Waals surface area contributed by atoms with Gasteiger partial charge in [0.1, 0.15) is 17.5 Å². The maximum Gasteiger partial charge on any atom is 0.435 e. The molecule has 2 heterocycles. The Hall–Kier alpha value is -5.01. The van der Waals surface area contributed by atoms with Crippen molar-refractivity contribution in [1.29, 1.82) is 0 Å². The summed E-state index contributed by atoms with van der Waals surface area (Å²) in [5, 5.41) is 6.48. The molecule has 0 bridgehead atoms. The van der Waals surface area contributed by atoms with Crippen molar-refractivity contribution in [3.05, 3.63) is 125 Å². The Labute approximate surface area is 257 Å². The highest BCUT2D eigenvalue weighted by molar-refractivity contribution is 5.94. The number of rotatable bonds is 9. The van der Waals surface area contributed by atoms with Crippen molar-refractivity contribution >= 4 is 11.5 Å². The van der Waals surface area contributed by atoms with Crippen molar-refractivity contribution in [2.75, 3.05) is 0 Å². The van der Waals surface area contributed by atoms with E-state index in [1.54, 1.807) is 12.1 Å². The van der Waals surface area contributed by atoms with Crippen LogP contribution in [0.5, 0.6) is 0 Å². The van der Waals surface area contributed by atoms with E-state index in [-0.39, 0.29) is 35.4 Å². The van der Waals surface area contributed by atoms with Gasteiger partial charge in [0, 0.05) is 29.9 Å². The number of aromatic nitrogens is 3. The number of carbonyl (C=O) groups excluding carboxylic acids is 1. The lowest BCUT2D eigenvalue weighted by atomic mass is 9.88. The number of halogens is 8. The van der Waals surface area contributed by atoms with Crippen molar-refractivity contribution in [3.8, 4) is 11.1 Å². The van der Waals surface area contributed by atoms with E-state index in [9.17, 15) is 39.9 Å². The fourth-order valence-electron chi connectivity index (χ4n) is 5.51. The van der Waals surface area contributed by atoms with Crippen molar-refractivity contribution in [2.45, 2.75) is 43.9 Å². The highest BCUT2D eigenvalue weighted by Gasteiger charge is 2.50. The van der Waals surface area contributed by atoms with E-state index in [2.05, 4.69) is 28.6 Å². The molecule has 4 aromatic rings. The number of hydrogen-bond acceptors (Lipinski definition) is 4. The number of benzene rings is 2. The predicted molar refractivity (Wildman–Crippen MR) is 153 cm³/mol. The normalized spacial score (nSPS) is 14.9. The first-order valence-electron chi connectivity index (χ1n) is 13.7. The Morgan fingerprint density at radius 2 is 1.78 bits per heavy atom. The zero-order chi connectivity index (χ0) is 33.6. The zero-order valence-corrected chi connectivity index (χ0v) is 23.9. The molecule has 1 aliphatic carbocycles. The van der Waals surface area contributed by atoms with Crippen molar-refractivity contribution in [1.82, 2.24) is 20.1 Å². The summed E-state index contributed by atoms with van der Waals surface area (Å²) >= 11 is 0. The number of pyridine rings is 1. The Balaban J connectivity index is 1.57. The molecule has 14 heteroatoms. The molecule has 3 N–H and O–H groups in total. The first kappa shape index (κ1) is 32.4. The Kier molecular flexibility index (Phi) is 8.49. The minimum atomic E-state index is -5.18. The number of amides is 1. The largest absolute Gasteiger partial charge is 0.435 e. The maximum atomic E-state index is 14.8. The summed E-state index contributed by atoms with van der Waals surface area (Å²) in [5.74, 6) is -7.45. The van der Waals surface area contributed by atoms with E-state index in [1.165, 1.54) is 18.3 Å². The third-order valence-corrected chi connectivity index (χ3v) is 7.45. The Morgan fingerprint density at radius 1 is 1.09 bits per heavy atom. The van der Waals surface area contributed by atoms with Crippen LogP contribution in [-0.4, -0.2) is 20.7 Å². The van der Waals surface area contributed by atoms with Crippen molar-refractivity contribution < 1.29 is 39.9 Å². The topological polar surface area (TPSA) is 85.8 Å². The number of carbonyl (C=O) groups is 1. The monoisotopic (exact) mass is 647 g/mol. The second-order valence-electron chi connectivity index (χ2n) is 10.8. The van der Waals surface area contributed by atoms with Crippen LogP contribution in [0.3, 0.4) is 0 Å². The standard InChI is InChI=1S/C32H25F8N5O/c1-16-7-8-31(36,37)26-28(16)45(44-29(26)32(38,39)40)15-17(2)43-25(12-18-10-20(33)14-21(34)11-18)27-22(4-3-9-42-27)19-5-6-24(35)23(13-19)30(41)46/h3-6,9-11,13-14,25,43H,1-2,7-8,12,15H2,(H2,41,46)/t25-/m0/s1. The van der Waals surface area contributed by atoms with E-state index >= 15 is 0 Å². The first-order chi connectivity index (χ1) is 21.5. The van der Waals surface area contributed by atoms with Gasteiger partial charge in [0.2, 0.25) is 0 Å². The molecule has 0 unspecified atom stereocenters. The van der Waals surface area contributed by atoms with E-state index in [1.807, 2.05) is 0 Å².